The van der Waals surface area contributed by atoms with Crippen LogP contribution in [0.1, 0.15) is 25.8 Å². The van der Waals surface area contributed by atoms with Gasteiger partial charge in [-0.3, -0.25) is 4.79 Å². The van der Waals surface area contributed by atoms with Crippen molar-refractivity contribution in [2.45, 2.75) is 39.4 Å². The summed E-state index contributed by atoms with van der Waals surface area (Å²) >= 11 is 0. The standard InChI is InChI=1S/C14H20N4O/c1-10(2)17-13(19)5-7-18-9-11(8-15)12-4-3-6-16-14(12)18/h3-4,6,9-10H,5,7-8,15H2,1-2H3,(H,17,19). The summed E-state index contributed by atoms with van der Waals surface area (Å²) in [6, 6.07) is 4.08. The van der Waals surface area contributed by atoms with E-state index in [2.05, 4.69) is 10.3 Å². The van der Waals surface area contributed by atoms with Gasteiger partial charge in [-0.05, 0) is 31.5 Å². The third kappa shape index (κ3) is 3.12. The number of fused-ring (bicyclic) bond motifs is 1. The third-order valence-electron chi connectivity index (χ3n) is 2.97. The number of amides is 1. The number of hydrogen-bond acceptors (Lipinski definition) is 3. The van der Waals surface area contributed by atoms with Gasteiger partial charge < -0.3 is 15.6 Å². The van der Waals surface area contributed by atoms with Gasteiger partial charge in [-0.2, -0.15) is 0 Å². The van der Waals surface area contributed by atoms with Gasteiger partial charge in [0.2, 0.25) is 5.91 Å². The summed E-state index contributed by atoms with van der Waals surface area (Å²) in [5.41, 5.74) is 7.68. The molecule has 19 heavy (non-hydrogen) atoms. The summed E-state index contributed by atoms with van der Waals surface area (Å²) in [4.78, 5) is 16.0. The van der Waals surface area contributed by atoms with E-state index in [1.165, 1.54) is 0 Å². The molecule has 0 radical (unpaired) electrons. The molecule has 2 heterocycles. The topological polar surface area (TPSA) is 72.9 Å². The van der Waals surface area contributed by atoms with Crippen molar-refractivity contribution in [3.63, 3.8) is 0 Å². The molecule has 0 unspecified atom stereocenters. The van der Waals surface area contributed by atoms with Crippen molar-refractivity contribution in [2.75, 3.05) is 0 Å². The molecule has 0 fully saturated rings. The van der Waals surface area contributed by atoms with Crippen molar-refractivity contribution in [2.24, 2.45) is 5.73 Å². The van der Waals surface area contributed by atoms with Crippen LogP contribution in [0.2, 0.25) is 0 Å². The van der Waals surface area contributed by atoms with Crippen LogP contribution in [-0.4, -0.2) is 21.5 Å². The molecular formula is C14H20N4O. The van der Waals surface area contributed by atoms with Crippen LogP contribution < -0.4 is 11.1 Å². The number of carbonyl (C=O) groups is 1. The van der Waals surface area contributed by atoms with Crippen LogP contribution in [0.4, 0.5) is 0 Å². The van der Waals surface area contributed by atoms with Crippen LogP contribution in [0.25, 0.3) is 11.0 Å². The number of carbonyl (C=O) groups excluding carboxylic acids is 1. The monoisotopic (exact) mass is 260 g/mol. The molecule has 0 aliphatic rings. The molecule has 0 aliphatic carbocycles. The van der Waals surface area contributed by atoms with E-state index < -0.39 is 0 Å². The first-order valence-electron chi connectivity index (χ1n) is 6.54. The molecule has 5 nitrogen and oxygen atoms in total. The molecule has 1 amide bonds. The molecule has 2 rings (SSSR count). The number of nitrogens with zero attached hydrogens (tertiary/aromatic N) is 2. The quantitative estimate of drug-likeness (QED) is 0.853. The lowest BCUT2D eigenvalue weighted by Crippen LogP contribution is -2.30. The Morgan fingerprint density at radius 1 is 1.53 bits per heavy atom. The van der Waals surface area contributed by atoms with E-state index >= 15 is 0 Å². The predicted molar refractivity (Wildman–Crippen MR) is 75.5 cm³/mol. The molecule has 0 spiro atoms. The zero-order valence-electron chi connectivity index (χ0n) is 11.4. The Balaban J connectivity index is 2.15. The molecule has 0 aliphatic heterocycles. The average molecular weight is 260 g/mol. The maximum Gasteiger partial charge on any atom is 0.221 e. The minimum atomic E-state index is 0.0575. The van der Waals surface area contributed by atoms with E-state index in [0.717, 1.165) is 16.6 Å². The van der Waals surface area contributed by atoms with Crippen molar-refractivity contribution >= 4 is 16.9 Å². The van der Waals surface area contributed by atoms with Crippen LogP contribution in [0, 0.1) is 0 Å². The maximum absolute atomic E-state index is 11.7. The van der Waals surface area contributed by atoms with E-state index in [-0.39, 0.29) is 11.9 Å². The normalized spacial score (nSPS) is 11.2. The highest BCUT2D eigenvalue weighted by atomic mass is 16.1. The summed E-state index contributed by atoms with van der Waals surface area (Å²) in [5, 5.41) is 3.95. The van der Waals surface area contributed by atoms with Gasteiger partial charge in [0.15, 0.2) is 0 Å². The first kappa shape index (κ1) is 13.5. The summed E-state index contributed by atoms with van der Waals surface area (Å²) in [5.74, 6) is 0.0575. The summed E-state index contributed by atoms with van der Waals surface area (Å²) in [7, 11) is 0. The number of pyridine rings is 1. The lowest BCUT2D eigenvalue weighted by Gasteiger charge is -2.09. The number of aromatic nitrogens is 2. The number of rotatable bonds is 5. The van der Waals surface area contributed by atoms with Gasteiger partial charge in [0.05, 0.1) is 0 Å². The van der Waals surface area contributed by atoms with Gasteiger partial charge in [0.1, 0.15) is 5.65 Å². The summed E-state index contributed by atoms with van der Waals surface area (Å²) in [6.07, 6.45) is 4.19. The van der Waals surface area contributed by atoms with Crippen LogP contribution in [-0.2, 0) is 17.9 Å². The van der Waals surface area contributed by atoms with E-state index in [1.54, 1.807) is 6.20 Å². The second-order valence-corrected chi connectivity index (χ2v) is 4.90. The fourth-order valence-corrected chi connectivity index (χ4v) is 2.14. The first-order chi connectivity index (χ1) is 9.11. The second kappa shape index (κ2) is 5.84. The Bertz CT molecular complexity index is 574. The fourth-order valence-electron chi connectivity index (χ4n) is 2.14. The largest absolute Gasteiger partial charge is 0.354 e. The van der Waals surface area contributed by atoms with Gasteiger partial charge in [-0.1, -0.05) is 0 Å². The maximum atomic E-state index is 11.7. The predicted octanol–water partition coefficient (Wildman–Crippen LogP) is 1.41. The molecule has 2 aromatic rings. The Morgan fingerprint density at radius 2 is 2.32 bits per heavy atom. The molecule has 0 atom stereocenters. The molecule has 3 N–H and O–H groups in total. The van der Waals surface area contributed by atoms with Crippen molar-refractivity contribution < 1.29 is 4.79 Å². The highest BCUT2D eigenvalue weighted by molar-refractivity contribution is 5.81. The minimum Gasteiger partial charge on any atom is -0.354 e. The Labute approximate surface area is 112 Å². The molecular weight excluding hydrogens is 240 g/mol. The van der Waals surface area contributed by atoms with Crippen LogP contribution in [0.15, 0.2) is 24.5 Å². The number of nitrogens with one attached hydrogen (secondary N) is 1. The van der Waals surface area contributed by atoms with Crippen LogP contribution >= 0.6 is 0 Å². The van der Waals surface area contributed by atoms with Crippen LogP contribution in [0.5, 0.6) is 0 Å². The van der Waals surface area contributed by atoms with Crippen molar-refractivity contribution in [3.05, 3.63) is 30.1 Å². The zero-order valence-corrected chi connectivity index (χ0v) is 11.4. The minimum absolute atomic E-state index is 0.0575. The SMILES string of the molecule is CC(C)NC(=O)CCn1cc(CN)c2cccnc21. The zero-order chi connectivity index (χ0) is 13.8. The Kier molecular flexibility index (Phi) is 4.16. The van der Waals surface area contributed by atoms with E-state index in [9.17, 15) is 4.79 Å². The van der Waals surface area contributed by atoms with Crippen molar-refractivity contribution in [3.8, 4) is 0 Å². The first-order valence-corrected chi connectivity index (χ1v) is 6.54. The molecule has 102 valence electrons. The molecule has 5 heteroatoms. The van der Waals surface area contributed by atoms with Gasteiger partial charge in [0, 0.05) is 43.3 Å². The third-order valence-corrected chi connectivity index (χ3v) is 2.97. The highest BCUT2D eigenvalue weighted by Crippen LogP contribution is 2.19. The van der Waals surface area contributed by atoms with Gasteiger partial charge in [-0.25, -0.2) is 4.98 Å². The average Bonchev–Trinajstić information content (AvgIpc) is 2.74. The number of nitrogens with two attached hydrogens (primary N) is 1. The van der Waals surface area contributed by atoms with Crippen molar-refractivity contribution in [1.82, 2.24) is 14.9 Å². The van der Waals surface area contributed by atoms with E-state index in [1.807, 2.05) is 36.7 Å². The molecule has 2 aromatic heterocycles. The smallest absolute Gasteiger partial charge is 0.221 e. The molecule has 0 aromatic carbocycles. The summed E-state index contributed by atoms with van der Waals surface area (Å²) in [6.45, 7) is 5.01. The molecule has 0 bridgehead atoms. The summed E-state index contributed by atoms with van der Waals surface area (Å²) < 4.78 is 2.00. The molecule has 0 saturated heterocycles. The van der Waals surface area contributed by atoms with E-state index in [0.29, 0.717) is 19.5 Å². The Morgan fingerprint density at radius 3 is 3.00 bits per heavy atom. The van der Waals surface area contributed by atoms with E-state index in [4.69, 9.17) is 5.73 Å². The number of aryl methyl sites for hydroxylation is 1. The van der Waals surface area contributed by atoms with Crippen molar-refractivity contribution in [1.29, 1.82) is 0 Å². The molecule has 0 saturated carbocycles. The van der Waals surface area contributed by atoms with Crippen LogP contribution in [0.3, 0.4) is 0 Å². The fraction of sp³-hybridized carbons (Fsp3) is 0.429. The van der Waals surface area contributed by atoms with Gasteiger partial charge in [0.25, 0.3) is 0 Å². The Hall–Kier alpha value is -1.88. The van der Waals surface area contributed by atoms with Gasteiger partial charge in [-0.15, -0.1) is 0 Å². The highest BCUT2D eigenvalue weighted by Gasteiger charge is 2.09. The second-order valence-electron chi connectivity index (χ2n) is 4.90. The lowest BCUT2D eigenvalue weighted by molar-refractivity contribution is -0.121. The number of hydrogen-bond donors (Lipinski definition) is 2. The lowest BCUT2D eigenvalue weighted by atomic mass is 10.2. The van der Waals surface area contributed by atoms with Gasteiger partial charge >= 0.3 is 0 Å².